The van der Waals surface area contributed by atoms with Gasteiger partial charge in [-0.2, -0.15) is 4.31 Å². The SMILES string of the molecule is Cc1ccc(S(=O)(=O)N2CCC[C@H](C(=O)N[C@H](c3ccccc3)c3nccn3C)C2)s1. The predicted molar refractivity (Wildman–Crippen MR) is 120 cm³/mol. The van der Waals surface area contributed by atoms with Crippen molar-refractivity contribution in [1.29, 1.82) is 0 Å². The van der Waals surface area contributed by atoms with E-state index in [4.69, 9.17) is 0 Å². The molecular formula is C22H26N4O3S2. The van der Waals surface area contributed by atoms with Crippen molar-refractivity contribution in [1.82, 2.24) is 19.2 Å². The molecule has 0 radical (unpaired) electrons. The molecule has 1 saturated heterocycles. The van der Waals surface area contributed by atoms with Crippen LogP contribution >= 0.6 is 11.3 Å². The lowest BCUT2D eigenvalue weighted by atomic mass is 9.97. The second-order valence-electron chi connectivity index (χ2n) is 7.82. The van der Waals surface area contributed by atoms with Gasteiger partial charge < -0.3 is 9.88 Å². The van der Waals surface area contributed by atoms with E-state index >= 15 is 0 Å². The third-order valence-electron chi connectivity index (χ3n) is 5.60. The summed E-state index contributed by atoms with van der Waals surface area (Å²) in [4.78, 5) is 18.6. The lowest BCUT2D eigenvalue weighted by molar-refractivity contribution is -0.126. The Morgan fingerprint density at radius 3 is 2.65 bits per heavy atom. The van der Waals surface area contributed by atoms with E-state index in [2.05, 4.69) is 10.3 Å². The molecule has 9 heteroatoms. The first kappa shape index (κ1) is 21.7. The van der Waals surface area contributed by atoms with Crippen LogP contribution in [0.2, 0.25) is 0 Å². The smallest absolute Gasteiger partial charge is 0.252 e. The maximum Gasteiger partial charge on any atom is 0.252 e. The number of nitrogens with one attached hydrogen (secondary N) is 1. The van der Waals surface area contributed by atoms with Gasteiger partial charge in [0, 0.05) is 37.4 Å². The highest BCUT2D eigenvalue weighted by atomic mass is 32.2. The zero-order chi connectivity index (χ0) is 22.0. The molecule has 1 amide bonds. The van der Waals surface area contributed by atoms with E-state index in [0.29, 0.717) is 23.6 Å². The molecule has 0 saturated carbocycles. The summed E-state index contributed by atoms with van der Waals surface area (Å²) >= 11 is 1.26. The number of piperidine rings is 1. The summed E-state index contributed by atoms with van der Waals surface area (Å²) in [5.74, 6) is 0.170. The molecule has 3 heterocycles. The van der Waals surface area contributed by atoms with Gasteiger partial charge in [-0.05, 0) is 37.5 Å². The molecule has 0 bridgehead atoms. The van der Waals surface area contributed by atoms with E-state index in [1.165, 1.54) is 15.6 Å². The quantitative estimate of drug-likeness (QED) is 0.615. The Kier molecular flexibility index (Phi) is 6.27. The largest absolute Gasteiger partial charge is 0.342 e. The molecule has 1 fully saturated rings. The van der Waals surface area contributed by atoms with Crippen LogP contribution in [0.25, 0.3) is 0 Å². The Hall–Kier alpha value is -2.49. The predicted octanol–water partition coefficient (Wildman–Crippen LogP) is 3.10. The highest BCUT2D eigenvalue weighted by Crippen LogP contribution is 2.29. The summed E-state index contributed by atoms with van der Waals surface area (Å²) in [7, 11) is -1.69. The van der Waals surface area contributed by atoms with Gasteiger partial charge in [0.2, 0.25) is 5.91 Å². The van der Waals surface area contributed by atoms with Gasteiger partial charge in [0.25, 0.3) is 10.0 Å². The zero-order valence-electron chi connectivity index (χ0n) is 17.6. The van der Waals surface area contributed by atoms with Crippen molar-refractivity contribution in [2.24, 2.45) is 13.0 Å². The fourth-order valence-corrected chi connectivity index (χ4v) is 6.87. The van der Waals surface area contributed by atoms with Crippen LogP contribution in [-0.4, -0.2) is 41.3 Å². The third kappa shape index (κ3) is 4.58. The Bertz CT molecular complexity index is 1150. The topological polar surface area (TPSA) is 84.3 Å². The number of imidazole rings is 1. The van der Waals surface area contributed by atoms with Gasteiger partial charge in [0.15, 0.2) is 0 Å². The number of aryl methyl sites for hydroxylation is 2. The normalized spacial score (nSPS) is 18.6. The van der Waals surface area contributed by atoms with Crippen molar-refractivity contribution in [3.8, 4) is 0 Å². The van der Waals surface area contributed by atoms with Crippen LogP contribution in [0.4, 0.5) is 0 Å². The second-order valence-corrected chi connectivity index (χ2v) is 11.3. The molecule has 1 aliphatic rings. The number of hydrogen-bond donors (Lipinski definition) is 1. The molecule has 1 aliphatic heterocycles. The molecule has 2 atom stereocenters. The molecule has 1 aromatic carbocycles. The Morgan fingerprint density at radius 2 is 2.00 bits per heavy atom. The minimum atomic E-state index is -3.58. The van der Waals surface area contributed by atoms with Crippen molar-refractivity contribution in [3.05, 3.63) is 71.1 Å². The number of carbonyl (C=O) groups excluding carboxylic acids is 1. The van der Waals surface area contributed by atoms with Crippen LogP contribution in [0.5, 0.6) is 0 Å². The molecule has 0 spiro atoms. The van der Waals surface area contributed by atoms with Crippen molar-refractivity contribution in [2.75, 3.05) is 13.1 Å². The number of rotatable bonds is 6. The van der Waals surface area contributed by atoms with Crippen molar-refractivity contribution in [2.45, 2.75) is 30.0 Å². The zero-order valence-corrected chi connectivity index (χ0v) is 19.2. The summed E-state index contributed by atoms with van der Waals surface area (Å²) in [6.07, 6.45) is 4.86. The van der Waals surface area contributed by atoms with E-state index in [0.717, 1.165) is 16.3 Å². The van der Waals surface area contributed by atoms with Crippen LogP contribution in [0, 0.1) is 12.8 Å². The van der Waals surface area contributed by atoms with Crippen LogP contribution in [0.15, 0.2) is 59.1 Å². The number of carbonyl (C=O) groups is 1. The standard InChI is InChI=1S/C22H26N4O3S2/c1-16-10-11-19(30-16)31(28,29)26-13-6-9-18(15-26)22(27)24-20(17-7-4-3-5-8-17)21-23-12-14-25(21)2/h3-5,7-8,10-12,14,18,20H,6,9,13,15H2,1-2H3,(H,24,27)/t18-,20+/m0/s1. The molecule has 31 heavy (non-hydrogen) atoms. The second kappa shape index (κ2) is 8.94. The van der Waals surface area contributed by atoms with E-state index in [1.807, 2.05) is 61.1 Å². The Morgan fingerprint density at radius 1 is 1.23 bits per heavy atom. The first-order valence-electron chi connectivity index (χ1n) is 10.3. The van der Waals surface area contributed by atoms with Gasteiger partial charge in [-0.3, -0.25) is 4.79 Å². The number of sulfonamides is 1. The number of benzene rings is 1. The fraction of sp³-hybridized carbons (Fsp3) is 0.364. The molecule has 3 aromatic rings. The van der Waals surface area contributed by atoms with E-state index in [-0.39, 0.29) is 12.5 Å². The van der Waals surface area contributed by atoms with Gasteiger partial charge >= 0.3 is 0 Å². The molecule has 1 N–H and O–H groups in total. The molecule has 164 valence electrons. The maximum absolute atomic E-state index is 13.2. The number of hydrogen-bond acceptors (Lipinski definition) is 5. The molecule has 4 rings (SSSR count). The summed E-state index contributed by atoms with van der Waals surface area (Å²) < 4.78 is 29.7. The van der Waals surface area contributed by atoms with Gasteiger partial charge in [0.05, 0.1) is 5.92 Å². The third-order valence-corrected chi connectivity index (χ3v) is 8.93. The Labute approximate surface area is 186 Å². The summed E-state index contributed by atoms with van der Waals surface area (Å²) in [5, 5.41) is 3.12. The number of amides is 1. The van der Waals surface area contributed by atoms with E-state index < -0.39 is 22.0 Å². The lowest BCUT2D eigenvalue weighted by Crippen LogP contribution is -2.46. The van der Waals surface area contributed by atoms with Gasteiger partial charge in [-0.15, -0.1) is 11.3 Å². The highest BCUT2D eigenvalue weighted by Gasteiger charge is 2.35. The molecule has 7 nitrogen and oxygen atoms in total. The molecule has 2 aromatic heterocycles. The molecular weight excluding hydrogens is 432 g/mol. The van der Waals surface area contributed by atoms with Crippen LogP contribution in [0.1, 0.15) is 35.1 Å². The van der Waals surface area contributed by atoms with E-state index in [1.54, 1.807) is 12.3 Å². The number of nitrogens with zero attached hydrogens (tertiary/aromatic N) is 3. The summed E-state index contributed by atoms with van der Waals surface area (Å²) in [6, 6.07) is 12.7. The summed E-state index contributed by atoms with van der Waals surface area (Å²) in [6.45, 7) is 2.51. The van der Waals surface area contributed by atoms with Crippen LogP contribution in [-0.2, 0) is 21.9 Å². The van der Waals surface area contributed by atoms with Crippen molar-refractivity contribution < 1.29 is 13.2 Å². The van der Waals surface area contributed by atoms with Gasteiger partial charge in [0.1, 0.15) is 16.1 Å². The molecule has 0 aliphatic carbocycles. The van der Waals surface area contributed by atoms with Crippen LogP contribution in [0.3, 0.4) is 0 Å². The monoisotopic (exact) mass is 458 g/mol. The first-order valence-corrected chi connectivity index (χ1v) is 12.5. The average molecular weight is 459 g/mol. The average Bonchev–Trinajstić information content (AvgIpc) is 3.41. The number of aromatic nitrogens is 2. The fourth-order valence-electron chi connectivity index (χ4n) is 3.91. The van der Waals surface area contributed by atoms with Crippen molar-refractivity contribution >= 4 is 27.3 Å². The van der Waals surface area contributed by atoms with Crippen LogP contribution < -0.4 is 5.32 Å². The van der Waals surface area contributed by atoms with Gasteiger partial charge in [-0.1, -0.05) is 30.3 Å². The lowest BCUT2D eigenvalue weighted by Gasteiger charge is -2.32. The first-order chi connectivity index (χ1) is 14.9. The number of thiophene rings is 1. The van der Waals surface area contributed by atoms with E-state index in [9.17, 15) is 13.2 Å². The summed E-state index contributed by atoms with van der Waals surface area (Å²) in [5.41, 5.74) is 0.930. The highest BCUT2D eigenvalue weighted by molar-refractivity contribution is 7.91. The van der Waals surface area contributed by atoms with Gasteiger partial charge in [-0.25, -0.2) is 13.4 Å². The van der Waals surface area contributed by atoms with Crippen molar-refractivity contribution in [3.63, 3.8) is 0 Å². The maximum atomic E-state index is 13.2. The molecule has 0 unspecified atom stereocenters. The minimum absolute atomic E-state index is 0.154. The Balaban J connectivity index is 1.53. The minimum Gasteiger partial charge on any atom is -0.342 e.